The number of anilines is 1. The standard InChI is InChI=1S/C30H30N4.2C16H16N2O4.Ru/c1-31-22-27-10-6-23(7-11-27)4-8-25-16-18-32-29(20-25)30-21-26(17-19-33-30)9-5-24-12-14-28(15-13-24)34(2)3;2*1-3-21-15(19)11-5-7-17-13(9-11)14-10-12(6-8-18-14)16(20)22-4-2;/h4-21,31H,22H2,1-3H3;2*5-10H,3-4H2,1-2H3;/b8-4+,9-5+;;;. The molecule has 16 nitrogen and oxygen atoms in total. The maximum absolute atomic E-state index is 11.7. The number of aromatic nitrogens is 6. The topological polar surface area (TPSA) is 198 Å². The number of hydrogen-bond donors (Lipinski definition) is 1. The second-order valence-electron chi connectivity index (χ2n) is 17.0. The number of carbonyl (C=O) groups is 4. The van der Waals surface area contributed by atoms with Crippen molar-refractivity contribution in [2.24, 2.45) is 0 Å². The summed E-state index contributed by atoms with van der Waals surface area (Å²) in [5.41, 5.74) is 12.2. The second kappa shape index (κ2) is 32.0. The fourth-order valence-corrected chi connectivity index (χ4v) is 7.25. The molecule has 2 aromatic carbocycles. The third-order valence-electron chi connectivity index (χ3n) is 11.1. The quantitative estimate of drug-likeness (QED) is 0.0483. The Kier molecular flexibility index (Phi) is 24.7. The van der Waals surface area contributed by atoms with Crippen molar-refractivity contribution >= 4 is 53.9 Å². The van der Waals surface area contributed by atoms with E-state index in [-0.39, 0.29) is 19.5 Å². The van der Waals surface area contributed by atoms with E-state index in [9.17, 15) is 19.2 Å². The number of nitrogens with zero attached hydrogens (tertiary/aromatic N) is 7. The van der Waals surface area contributed by atoms with E-state index in [2.05, 4.69) is 125 Å². The van der Waals surface area contributed by atoms with Crippen molar-refractivity contribution in [2.45, 2.75) is 34.2 Å². The number of esters is 4. The molecule has 406 valence electrons. The van der Waals surface area contributed by atoms with Crippen molar-refractivity contribution in [1.29, 1.82) is 0 Å². The summed E-state index contributed by atoms with van der Waals surface area (Å²) in [5.74, 6) is -1.69. The fraction of sp³-hybridized carbons (Fsp3) is 0.194. The molecule has 17 heteroatoms. The third-order valence-corrected chi connectivity index (χ3v) is 11.1. The van der Waals surface area contributed by atoms with Gasteiger partial charge in [-0.2, -0.15) is 0 Å². The molecule has 8 aromatic rings. The average molecular weight is 1150 g/mol. The van der Waals surface area contributed by atoms with Crippen LogP contribution in [0.25, 0.3) is 58.5 Å². The van der Waals surface area contributed by atoms with E-state index in [0.717, 1.165) is 34.6 Å². The normalized spacial score (nSPS) is 10.5. The van der Waals surface area contributed by atoms with Gasteiger partial charge in [-0.25, -0.2) is 19.2 Å². The molecule has 6 heterocycles. The zero-order valence-electron chi connectivity index (χ0n) is 45.1. The molecule has 79 heavy (non-hydrogen) atoms. The molecule has 0 saturated heterocycles. The van der Waals surface area contributed by atoms with E-state index in [1.165, 1.54) is 41.6 Å². The van der Waals surface area contributed by atoms with Gasteiger partial charge < -0.3 is 29.2 Å². The van der Waals surface area contributed by atoms with Gasteiger partial charge in [0.05, 0.1) is 82.8 Å². The molecule has 0 bridgehead atoms. The second-order valence-corrected chi connectivity index (χ2v) is 17.0. The summed E-state index contributed by atoms with van der Waals surface area (Å²) in [6.07, 6.45) is 18.1. The summed E-state index contributed by atoms with van der Waals surface area (Å²) >= 11 is 0. The van der Waals surface area contributed by atoms with Crippen LogP contribution in [0.5, 0.6) is 0 Å². The Bertz CT molecular complexity index is 3100. The van der Waals surface area contributed by atoms with Crippen LogP contribution in [0, 0.1) is 0 Å². The van der Waals surface area contributed by atoms with Crippen LogP contribution in [0.2, 0.25) is 0 Å². The molecule has 0 saturated carbocycles. The SMILES string of the molecule is CCOC(=O)c1ccnc(-c2cc(C(=O)OCC)ccn2)c1.CCOC(=O)c1ccnc(-c2cc(C(=O)OCC)ccn2)c1.CNCc1ccc(/C=C/c2ccnc(-c3cc(/C=C/c4ccc(N(C)C)cc4)ccn3)c2)cc1.[Ru]. The van der Waals surface area contributed by atoms with Crippen LogP contribution < -0.4 is 10.2 Å². The zero-order valence-corrected chi connectivity index (χ0v) is 46.8. The van der Waals surface area contributed by atoms with E-state index < -0.39 is 23.9 Å². The summed E-state index contributed by atoms with van der Waals surface area (Å²) in [6.45, 7) is 9.03. The predicted octanol–water partition coefficient (Wildman–Crippen LogP) is 11.3. The molecule has 6 aromatic heterocycles. The molecule has 0 aliphatic heterocycles. The third kappa shape index (κ3) is 19.0. The van der Waals surface area contributed by atoms with E-state index in [4.69, 9.17) is 18.9 Å². The van der Waals surface area contributed by atoms with Gasteiger partial charge in [0.1, 0.15) is 0 Å². The van der Waals surface area contributed by atoms with Gasteiger partial charge in [0.15, 0.2) is 0 Å². The molecule has 8 rings (SSSR count). The minimum atomic E-state index is -0.423. The van der Waals surface area contributed by atoms with E-state index >= 15 is 0 Å². The maximum Gasteiger partial charge on any atom is 0.338 e. The Labute approximate surface area is 473 Å². The summed E-state index contributed by atoms with van der Waals surface area (Å²) in [7, 11) is 6.05. The van der Waals surface area contributed by atoms with Crippen LogP contribution in [0.4, 0.5) is 5.69 Å². The Hall–Kier alpha value is -8.92. The Balaban J connectivity index is 0.000000225. The minimum Gasteiger partial charge on any atom is -0.462 e. The molecule has 0 aliphatic rings. The first-order chi connectivity index (χ1) is 37.9. The molecule has 1 N–H and O–H groups in total. The molecular weight excluding hydrogens is 1090 g/mol. The number of rotatable bonds is 18. The van der Waals surface area contributed by atoms with Gasteiger partial charge in [-0.3, -0.25) is 29.9 Å². The van der Waals surface area contributed by atoms with E-state index in [1.54, 1.807) is 76.2 Å². The van der Waals surface area contributed by atoms with Crippen LogP contribution >= 0.6 is 0 Å². The molecule has 0 unspecified atom stereocenters. The van der Waals surface area contributed by atoms with Gasteiger partial charge in [0.25, 0.3) is 0 Å². The maximum atomic E-state index is 11.7. The van der Waals surface area contributed by atoms with Crippen molar-refractivity contribution in [1.82, 2.24) is 35.2 Å². The fourth-order valence-electron chi connectivity index (χ4n) is 7.25. The summed E-state index contributed by atoms with van der Waals surface area (Å²) < 4.78 is 19.8. The van der Waals surface area contributed by atoms with E-state index in [1.807, 2.05) is 45.7 Å². The largest absolute Gasteiger partial charge is 0.462 e. The Morgan fingerprint density at radius 3 is 0.975 bits per heavy atom. The van der Waals surface area contributed by atoms with Crippen LogP contribution in [-0.4, -0.2) is 101 Å². The van der Waals surface area contributed by atoms with Gasteiger partial charge in [-0.1, -0.05) is 60.7 Å². The van der Waals surface area contributed by atoms with Gasteiger partial charge in [0, 0.05) is 83.0 Å². The zero-order chi connectivity index (χ0) is 55.7. The average Bonchev–Trinajstić information content (AvgIpc) is 3.48. The monoisotopic (exact) mass is 1150 g/mol. The summed E-state index contributed by atoms with van der Waals surface area (Å²) in [4.78, 5) is 74.9. The van der Waals surface area contributed by atoms with E-state index in [0.29, 0.717) is 71.5 Å². The first kappa shape index (κ1) is 60.9. The van der Waals surface area contributed by atoms with Gasteiger partial charge >= 0.3 is 23.9 Å². The van der Waals surface area contributed by atoms with Crippen LogP contribution in [0.3, 0.4) is 0 Å². The van der Waals surface area contributed by atoms with Gasteiger partial charge in [-0.05, 0) is 147 Å². The van der Waals surface area contributed by atoms with Crippen molar-refractivity contribution in [2.75, 3.05) is 52.5 Å². The molecule has 0 aliphatic carbocycles. The summed E-state index contributed by atoms with van der Waals surface area (Å²) in [6, 6.07) is 37.8. The van der Waals surface area contributed by atoms with Crippen molar-refractivity contribution < 1.29 is 57.6 Å². The Morgan fingerprint density at radius 1 is 0.405 bits per heavy atom. The Morgan fingerprint density at radius 2 is 0.684 bits per heavy atom. The van der Waals surface area contributed by atoms with Crippen LogP contribution in [0.15, 0.2) is 159 Å². The molecular formula is C62H62N8O8Ru. The van der Waals surface area contributed by atoms with Crippen molar-refractivity contribution in [3.63, 3.8) is 0 Å². The number of benzene rings is 2. The van der Waals surface area contributed by atoms with Gasteiger partial charge in [0.2, 0.25) is 0 Å². The van der Waals surface area contributed by atoms with Crippen molar-refractivity contribution in [3.8, 4) is 34.2 Å². The van der Waals surface area contributed by atoms with Crippen LogP contribution in [-0.2, 0) is 45.0 Å². The summed E-state index contributed by atoms with van der Waals surface area (Å²) in [5, 5.41) is 3.17. The molecule has 0 fully saturated rings. The number of pyridine rings is 6. The number of ether oxygens (including phenoxy) is 4. The number of carbonyl (C=O) groups excluding carboxylic acids is 4. The van der Waals surface area contributed by atoms with Crippen molar-refractivity contribution in [3.05, 3.63) is 209 Å². The smallest absolute Gasteiger partial charge is 0.338 e. The first-order valence-corrected chi connectivity index (χ1v) is 25.2. The van der Waals surface area contributed by atoms with Crippen LogP contribution in [0.1, 0.15) is 96.9 Å². The number of nitrogens with one attached hydrogen (secondary N) is 1. The first-order valence-electron chi connectivity index (χ1n) is 25.2. The molecule has 0 atom stereocenters. The number of hydrogen-bond acceptors (Lipinski definition) is 16. The minimum absolute atomic E-state index is 0. The molecule has 0 amide bonds. The predicted molar refractivity (Wildman–Crippen MR) is 304 cm³/mol. The molecule has 0 spiro atoms. The molecule has 0 radical (unpaired) electrons. The van der Waals surface area contributed by atoms with Gasteiger partial charge in [-0.15, -0.1) is 0 Å².